The van der Waals surface area contributed by atoms with Crippen LogP contribution in [-0.4, -0.2) is 36.2 Å². The third kappa shape index (κ3) is 2.75. The number of ether oxygens (including phenoxy) is 1. The minimum Gasteiger partial charge on any atom is -0.492 e. The zero-order chi connectivity index (χ0) is 21.0. The lowest BCUT2D eigenvalue weighted by Crippen LogP contribution is -2.27. The zero-order valence-corrected chi connectivity index (χ0v) is 17.5. The van der Waals surface area contributed by atoms with Crippen LogP contribution in [0, 0.1) is 5.92 Å². The highest BCUT2D eigenvalue weighted by atomic mass is 32.1. The Hall–Kier alpha value is -2.82. The first kappa shape index (κ1) is 19.2. The molecule has 3 heterocycles. The number of fused-ring (bicyclic) bond motifs is 2. The van der Waals surface area contributed by atoms with Crippen molar-refractivity contribution in [2.75, 3.05) is 32.2 Å². The van der Waals surface area contributed by atoms with E-state index in [0.717, 1.165) is 29.7 Å². The smallest absolute Gasteiger partial charge is 0.271 e. The van der Waals surface area contributed by atoms with Gasteiger partial charge in [0.05, 0.1) is 36.5 Å². The maximum atomic E-state index is 13.2. The van der Waals surface area contributed by atoms with E-state index in [1.807, 2.05) is 12.3 Å². The lowest BCUT2D eigenvalue weighted by Gasteiger charge is -2.23. The summed E-state index contributed by atoms with van der Waals surface area (Å²) in [6, 6.07) is 3.91. The minimum atomic E-state index is -0.331. The van der Waals surface area contributed by atoms with E-state index in [0.29, 0.717) is 29.1 Å². The fraction of sp³-hybridized carbons (Fsp3) is 0.400. The number of pyridine rings is 1. The van der Waals surface area contributed by atoms with Gasteiger partial charge in [-0.25, -0.2) is 0 Å². The summed E-state index contributed by atoms with van der Waals surface area (Å²) in [5.74, 6) is 0.707. The summed E-state index contributed by atoms with van der Waals surface area (Å²) in [5.41, 5.74) is 10.7. The van der Waals surface area contributed by atoms with Gasteiger partial charge in [-0.3, -0.25) is 24.3 Å². The lowest BCUT2D eigenvalue weighted by molar-refractivity contribution is 0.110. The Morgan fingerprint density at radius 1 is 1.30 bits per heavy atom. The average molecular weight is 430 g/mol. The fourth-order valence-electron chi connectivity index (χ4n) is 4.25. The molecule has 1 atom stereocenters. The highest BCUT2D eigenvalue weighted by Gasteiger charge is 2.32. The van der Waals surface area contributed by atoms with E-state index in [1.54, 1.807) is 20.3 Å². The molecule has 1 aromatic carbocycles. The van der Waals surface area contributed by atoms with Crippen molar-refractivity contribution >= 4 is 38.3 Å². The quantitative estimate of drug-likeness (QED) is 0.510. The molecule has 0 bridgehead atoms. The molecule has 4 N–H and O–H groups in total. The molecule has 2 aliphatic rings. The number of nitrogens with two attached hydrogens (primary N) is 1. The molecule has 3 aromatic rings. The molecule has 10 heteroatoms. The van der Waals surface area contributed by atoms with Gasteiger partial charge >= 0.3 is 0 Å². The molecule has 2 aromatic heterocycles. The molecule has 158 valence electrons. The number of aromatic amines is 1. The van der Waals surface area contributed by atoms with Crippen LogP contribution in [0.4, 0.5) is 5.69 Å². The Kier molecular flexibility index (Phi) is 4.57. The van der Waals surface area contributed by atoms with Crippen molar-refractivity contribution in [2.24, 2.45) is 11.7 Å². The summed E-state index contributed by atoms with van der Waals surface area (Å²) in [6.45, 7) is 1.14. The predicted octanol–water partition coefficient (Wildman–Crippen LogP) is 1.64. The van der Waals surface area contributed by atoms with Crippen molar-refractivity contribution in [1.82, 2.24) is 14.4 Å². The highest BCUT2D eigenvalue weighted by Crippen LogP contribution is 2.45. The van der Waals surface area contributed by atoms with Gasteiger partial charge in [0.25, 0.3) is 5.56 Å². The summed E-state index contributed by atoms with van der Waals surface area (Å²) in [4.78, 5) is 33.3. The first-order valence-electron chi connectivity index (χ1n) is 9.82. The van der Waals surface area contributed by atoms with Gasteiger partial charge in [-0.2, -0.15) is 0 Å². The molecule has 1 aliphatic heterocycles. The Labute approximate surface area is 175 Å². The van der Waals surface area contributed by atoms with Gasteiger partial charge in [-0.05, 0) is 36.5 Å². The molecule has 1 fully saturated rings. The van der Waals surface area contributed by atoms with Crippen LogP contribution in [0.5, 0.6) is 5.75 Å². The van der Waals surface area contributed by atoms with Gasteiger partial charge in [0.1, 0.15) is 10.2 Å². The Balaban J connectivity index is 1.79. The second kappa shape index (κ2) is 7.15. The van der Waals surface area contributed by atoms with Gasteiger partial charge in [-0.15, -0.1) is 0 Å². The molecule has 1 saturated carbocycles. The fourth-order valence-corrected chi connectivity index (χ4v) is 5.17. The van der Waals surface area contributed by atoms with E-state index in [2.05, 4.69) is 19.3 Å². The summed E-state index contributed by atoms with van der Waals surface area (Å²) in [6.07, 6.45) is 3.97. The molecule has 9 nitrogen and oxygen atoms in total. The SMILES string of the molecule is CONC1=CN(c2ccc3c(=O)c4c(=O)[nH]sc4n(C4CC4)c3c2OC)CC1CN. The number of benzene rings is 1. The summed E-state index contributed by atoms with van der Waals surface area (Å²) < 4.78 is 10.7. The largest absolute Gasteiger partial charge is 0.492 e. The molecular formula is C20H23N5O4S. The predicted molar refractivity (Wildman–Crippen MR) is 117 cm³/mol. The number of hydrogen-bond donors (Lipinski definition) is 3. The number of H-pyrrole nitrogens is 1. The van der Waals surface area contributed by atoms with Crippen LogP contribution in [0.25, 0.3) is 21.1 Å². The number of hydrogen-bond acceptors (Lipinski definition) is 8. The van der Waals surface area contributed by atoms with Crippen LogP contribution < -0.4 is 31.8 Å². The lowest BCUT2D eigenvalue weighted by atomic mass is 10.1. The van der Waals surface area contributed by atoms with Crippen molar-refractivity contribution in [3.05, 3.63) is 44.6 Å². The van der Waals surface area contributed by atoms with Gasteiger partial charge in [-0.1, -0.05) is 0 Å². The molecule has 1 aliphatic carbocycles. The van der Waals surface area contributed by atoms with Crippen LogP contribution in [0.3, 0.4) is 0 Å². The zero-order valence-electron chi connectivity index (χ0n) is 16.7. The molecule has 0 amide bonds. The third-order valence-corrected chi connectivity index (χ3v) is 6.69. The van der Waals surface area contributed by atoms with Crippen molar-refractivity contribution < 1.29 is 9.57 Å². The summed E-state index contributed by atoms with van der Waals surface area (Å²) in [5, 5.41) is 0.720. The molecule has 0 saturated heterocycles. The maximum Gasteiger partial charge on any atom is 0.271 e. The monoisotopic (exact) mass is 429 g/mol. The van der Waals surface area contributed by atoms with Gasteiger partial charge < -0.3 is 19.9 Å². The van der Waals surface area contributed by atoms with E-state index in [1.165, 1.54) is 11.5 Å². The van der Waals surface area contributed by atoms with E-state index in [9.17, 15) is 9.59 Å². The highest BCUT2D eigenvalue weighted by molar-refractivity contribution is 7.12. The van der Waals surface area contributed by atoms with E-state index in [4.69, 9.17) is 15.3 Å². The van der Waals surface area contributed by atoms with Crippen LogP contribution in [-0.2, 0) is 4.84 Å². The molecule has 30 heavy (non-hydrogen) atoms. The Morgan fingerprint density at radius 3 is 2.77 bits per heavy atom. The summed E-state index contributed by atoms with van der Waals surface area (Å²) in [7, 11) is 3.17. The van der Waals surface area contributed by atoms with Gasteiger partial charge in [0.2, 0.25) is 5.43 Å². The standard InChI is InChI=1S/C20H23N5O4S/c1-28-18-14(24-8-10(7-21)13(9-24)22-29-2)6-5-12-16(18)25(11-3-4-11)20-15(17(12)26)19(27)23-30-20/h5-6,9-11,22H,3-4,7-8,21H2,1-2H3,(H,23,27). The number of hydroxylamine groups is 1. The molecule has 1 unspecified atom stereocenters. The van der Waals surface area contributed by atoms with E-state index in [-0.39, 0.29) is 28.3 Å². The summed E-state index contributed by atoms with van der Waals surface area (Å²) >= 11 is 1.21. The number of aromatic nitrogens is 2. The Bertz CT molecular complexity index is 1290. The second-order valence-corrected chi connectivity index (χ2v) is 8.43. The van der Waals surface area contributed by atoms with Gasteiger partial charge in [0.15, 0.2) is 5.75 Å². The number of rotatable bonds is 6. The van der Waals surface area contributed by atoms with Crippen LogP contribution in [0.1, 0.15) is 18.9 Å². The van der Waals surface area contributed by atoms with Crippen molar-refractivity contribution in [2.45, 2.75) is 18.9 Å². The first-order chi connectivity index (χ1) is 14.6. The Morgan fingerprint density at radius 2 is 2.10 bits per heavy atom. The molecular weight excluding hydrogens is 406 g/mol. The van der Waals surface area contributed by atoms with Crippen molar-refractivity contribution in [1.29, 1.82) is 0 Å². The van der Waals surface area contributed by atoms with Crippen LogP contribution in [0.15, 0.2) is 33.6 Å². The number of nitrogens with zero attached hydrogens (tertiary/aromatic N) is 2. The van der Waals surface area contributed by atoms with Gasteiger partial charge in [0, 0.05) is 31.2 Å². The number of anilines is 1. The molecule has 5 rings (SSSR count). The topological polar surface area (TPSA) is 115 Å². The maximum absolute atomic E-state index is 13.2. The van der Waals surface area contributed by atoms with E-state index >= 15 is 0 Å². The number of nitrogens with one attached hydrogen (secondary N) is 2. The third-order valence-electron chi connectivity index (χ3n) is 5.81. The van der Waals surface area contributed by atoms with Crippen LogP contribution in [0.2, 0.25) is 0 Å². The van der Waals surface area contributed by atoms with E-state index < -0.39 is 0 Å². The average Bonchev–Trinajstić information content (AvgIpc) is 3.39. The van der Waals surface area contributed by atoms with Crippen LogP contribution >= 0.6 is 11.5 Å². The molecule has 0 spiro atoms. The normalized spacial score (nSPS) is 19.0. The second-order valence-electron chi connectivity index (χ2n) is 7.63. The molecule has 0 radical (unpaired) electrons. The van der Waals surface area contributed by atoms with Crippen molar-refractivity contribution in [3.63, 3.8) is 0 Å². The van der Waals surface area contributed by atoms with Crippen molar-refractivity contribution in [3.8, 4) is 5.75 Å². The first-order valence-corrected chi connectivity index (χ1v) is 10.6. The number of methoxy groups -OCH3 is 1. The minimum absolute atomic E-state index is 0.0911.